The number of nitrogens with zero attached hydrogens (tertiary/aromatic N) is 3. The molecule has 0 amide bonds. The largest absolute Gasteiger partial charge is 0.350 e. The van der Waals surface area contributed by atoms with Crippen LogP contribution in [0.15, 0.2) is 36.8 Å². The van der Waals surface area contributed by atoms with E-state index in [1.165, 1.54) is 5.56 Å². The summed E-state index contributed by atoms with van der Waals surface area (Å²) >= 11 is 0. The average molecular weight is 226 g/mol. The third-order valence-electron chi connectivity index (χ3n) is 2.55. The first-order valence-electron chi connectivity index (χ1n) is 5.51. The van der Waals surface area contributed by atoms with Crippen LogP contribution in [-0.4, -0.2) is 16.1 Å². The molecule has 0 saturated heterocycles. The summed E-state index contributed by atoms with van der Waals surface area (Å²) in [6.07, 6.45) is 6.67. The molecule has 0 bridgehead atoms. The van der Waals surface area contributed by atoms with E-state index in [9.17, 15) is 0 Å². The summed E-state index contributed by atoms with van der Waals surface area (Å²) in [7, 11) is 0. The molecule has 0 aliphatic rings. The van der Waals surface area contributed by atoms with Crippen LogP contribution in [0.2, 0.25) is 0 Å². The van der Waals surface area contributed by atoms with E-state index in [2.05, 4.69) is 21.8 Å². The van der Waals surface area contributed by atoms with Gasteiger partial charge in [-0.1, -0.05) is 0 Å². The highest BCUT2D eigenvalue weighted by molar-refractivity contribution is 5.26. The van der Waals surface area contributed by atoms with Gasteiger partial charge in [0.05, 0.1) is 0 Å². The predicted molar refractivity (Wildman–Crippen MR) is 65.2 cm³/mol. The summed E-state index contributed by atoms with van der Waals surface area (Å²) in [4.78, 5) is 3.95. The van der Waals surface area contributed by atoms with Gasteiger partial charge in [-0.05, 0) is 42.3 Å². The van der Waals surface area contributed by atoms with Crippen molar-refractivity contribution < 1.29 is 0 Å². The lowest BCUT2D eigenvalue weighted by atomic mass is 10.2. The summed E-state index contributed by atoms with van der Waals surface area (Å²) in [5.74, 6) is 0. The van der Waals surface area contributed by atoms with Gasteiger partial charge in [-0.15, -0.1) is 0 Å². The van der Waals surface area contributed by atoms with Crippen molar-refractivity contribution in [3.8, 4) is 6.07 Å². The normalized spacial score (nSPS) is 10.1. The van der Waals surface area contributed by atoms with E-state index in [0.29, 0.717) is 12.2 Å². The molecule has 2 rings (SSSR count). The first-order valence-corrected chi connectivity index (χ1v) is 5.51. The van der Waals surface area contributed by atoms with Gasteiger partial charge in [-0.2, -0.15) is 5.26 Å². The molecular weight excluding hydrogens is 212 g/mol. The molecule has 17 heavy (non-hydrogen) atoms. The standard InChI is InChI=1S/C13H14N4/c14-4-1-11-3-6-17(9-11)10-12-2-5-16-13(7-12)8-15/h2-3,5-7,9H,1,4,10,14H2. The second-order valence-corrected chi connectivity index (χ2v) is 3.89. The lowest BCUT2D eigenvalue weighted by molar-refractivity contribution is 0.798. The summed E-state index contributed by atoms with van der Waals surface area (Å²) in [5, 5.41) is 8.77. The second-order valence-electron chi connectivity index (χ2n) is 3.89. The van der Waals surface area contributed by atoms with Crippen LogP contribution in [0.3, 0.4) is 0 Å². The Bertz CT molecular complexity index is 536. The van der Waals surface area contributed by atoms with E-state index in [4.69, 9.17) is 11.0 Å². The number of pyridine rings is 1. The fraction of sp³-hybridized carbons (Fsp3) is 0.231. The lowest BCUT2D eigenvalue weighted by Crippen LogP contribution is -2.02. The number of hydrogen-bond acceptors (Lipinski definition) is 3. The molecule has 0 atom stereocenters. The minimum atomic E-state index is 0.455. The molecule has 86 valence electrons. The van der Waals surface area contributed by atoms with Crippen LogP contribution in [-0.2, 0) is 13.0 Å². The smallest absolute Gasteiger partial charge is 0.140 e. The van der Waals surface area contributed by atoms with E-state index in [0.717, 1.165) is 18.5 Å². The third kappa shape index (κ3) is 2.92. The number of aromatic nitrogens is 2. The number of rotatable bonds is 4. The number of nitrogens with two attached hydrogens (primary N) is 1. The van der Waals surface area contributed by atoms with Gasteiger partial charge >= 0.3 is 0 Å². The topological polar surface area (TPSA) is 67.6 Å². The summed E-state index contributed by atoms with van der Waals surface area (Å²) < 4.78 is 2.08. The van der Waals surface area contributed by atoms with Gasteiger partial charge in [0.15, 0.2) is 0 Å². The molecule has 0 fully saturated rings. The van der Waals surface area contributed by atoms with Crippen LogP contribution in [0.1, 0.15) is 16.8 Å². The highest BCUT2D eigenvalue weighted by Crippen LogP contribution is 2.07. The molecule has 0 unspecified atom stereocenters. The third-order valence-corrected chi connectivity index (χ3v) is 2.55. The minimum Gasteiger partial charge on any atom is -0.350 e. The van der Waals surface area contributed by atoms with Gasteiger partial charge in [0.25, 0.3) is 0 Å². The highest BCUT2D eigenvalue weighted by Gasteiger charge is 1.99. The monoisotopic (exact) mass is 226 g/mol. The van der Waals surface area contributed by atoms with Gasteiger partial charge < -0.3 is 10.3 Å². The van der Waals surface area contributed by atoms with Crippen LogP contribution in [0, 0.1) is 11.3 Å². The molecule has 4 nitrogen and oxygen atoms in total. The van der Waals surface area contributed by atoms with Crippen LogP contribution < -0.4 is 5.73 Å². The van der Waals surface area contributed by atoms with Gasteiger partial charge in [0.1, 0.15) is 11.8 Å². The van der Waals surface area contributed by atoms with E-state index in [-0.39, 0.29) is 0 Å². The predicted octanol–water partition coefficient (Wildman–Crippen LogP) is 1.30. The Morgan fingerprint density at radius 1 is 1.35 bits per heavy atom. The molecule has 0 aromatic carbocycles. The zero-order valence-corrected chi connectivity index (χ0v) is 9.50. The second kappa shape index (κ2) is 5.28. The molecule has 4 heteroatoms. The van der Waals surface area contributed by atoms with Crippen molar-refractivity contribution in [3.63, 3.8) is 0 Å². The summed E-state index contributed by atoms with van der Waals surface area (Å²) in [6.45, 7) is 1.42. The molecule has 2 aromatic rings. The number of nitriles is 1. The van der Waals surface area contributed by atoms with Crippen LogP contribution >= 0.6 is 0 Å². The zero-order chi connectivity index (χ0) is 12.1. The van der Waals surface area contributed by atoms with E-state index in [1.807, 2.05) is 24.4 Å². The Kier molecular flexibility index (Phi) is 3.53. The maximum absolute atomic E-state index is 8.77. The van der Waals surface area contributed by atoms with Crippen molar-refractivity contribution in [2.75, 3.05) is 6.54 Å². The molecule has 0 spiro atoms. The fourth-order valence-electron chi connectivity index (χ4n) is 1.75. The van der Waals surface area contributed by atoms with Crippen LogP contribution in [0.5, 0.6) is 0 Å². The van der Waals surface area contributed by atoms with E-state index in [1.54, 1.807) is 6.20 Å². The zero-order valence-electron chi connectivity index (χ0n) is 9.50. The van der Waals surface area contributed by atoms with Crippen LogP contribution in [0.25, 0.3) is 0 Å². The Balaban J connectivity index is 2.11. The fourth-order valence-corrected chi connectivity index (χ4v) is 1.75. The molecule has 2 aromatic heterocycles. The first-order chi connectivity index (χ1) is 8.31. The SMILES string of the molecule is N#Cc1cc(Cn2ccc(CCN)c2)ccn1. The Hall–Kier alpha value is -2.12. The molecular formula is C13H14N4. The Morgan fingerprint density at radius 2 is 2.24 bits per heavy atom. The maximum atomic E-state index is 8.77. The van der Waals surface area contributed by atoms with Crippen molar-refractivity contribution in [2.24, 2.45) is 5.73 Å². The lowest BCUT2D eigenvalue weighted by Gasteiger charge is -2.03. The van der Waals surface area contributed by atoms with Crippen LogP contribution in [0.4, 0.5) is 0 Å². The summed E-state index contributed by atoms with van der Waals surface area (Å²) in [5.41, 5.74) is 8.28. The number of hydrogen-bond donors (Lipinski definition) is 1. The molecule has 0 aliphatic carbocycles. The van der Waals surface area contributed by atoms with E-state index < -0.39 is 0 Å². The van der Waals surface area contributed by atoms with Gasteiger partial charge in [0.2, 0.25) is 0 Å². The molecule has 0 radical (unpaired) electrons. The van der Waals surface area contributed by atoms with Gasteiger partial charge in [0, 0.05) is 25.1 Å². The molecule has 2 N–H and O–H groups in total. The Labute approximate surface area is 100 Å². The Morgan fingerprint density at radius 3 is 3.00 bits per heavy atom. The summed E-state index contributed by atoms with van der Waals surface area (Å²) in [6, 6.07) is 7.84. The first kappa shape index (κ1) is 11.4. The van der Waals surface area contributed by atoms with Gasteiger partial charge in [-0.3, -0.25) is 0 Å². The van der Waals surface area contributed by atoms with Crippen molar-refractivity contribution in [1.82, 2.24) is 9.55 Å². The van der Waals surface area contributed by atoms with Crippen molar-refractivity contribution in [1.29, 1.82) is 5.26 Å². The van der Waals surface area contributed by atoms with E-state index >= 15 is 0 Å². The molecule has 0 aliphatic heterocycles. The van der Waals surface area contributed by atoms with Gasteiger partial charge in [-0.25, -0.2) is 4.98 Å². The molecule has 2 heterocycles. The highest BCUT2D eigenvalue weighted by atomic mass is 14.9. The van der Waals surface area contributed by atoms with Crippen molar-refractivity contribution >= 4 is 0 Å². The van der Waals surface area contributed by atoms with Crippen molar-refractivity contribution in [2.45, 2.75) is 13.0 Å². The quantitative estimate of drug-likeness (QED) is 0.854. The maximum Gasteiger partial charge on any atom is 0.140 e. The average Bonchev–Trinajstić information content (AvgIpc) is 2.77. The molecule has 0 saturated carbocycles. The minimum absolute atomic E-state index is 0.455. The van der Waals surface area contributed by atoms with Crippen molar-refractivity contribution in [3.05, 3.63) is 53.6 Å².